The Morgan fingerprint density at radius 1 is 1.26 bits per heavy atom. The van der Waals surface area contributed by atoms with Gasteiger partial charge in [0.25, 0.3) is 0 Å². The molecule has 1 fully saturated rings. The van der Waals surface area contributed by atoms with Gasteiger partial charge in [-0.3, -0.25) is 9.59 Å². The van der Waals surface area contributed by atoms with Crippen LogP contribution in [0, 0.1) is 0 Å². The molecule has 23 heavy (non-hydrogen) atoms. The Labute approximate surface area is 137 Å². The summed E-state index contributed by atoms with van der Waals surface area (Å²) in [4.78, 5) is 28.3. The Morgan fingerprint density at radius 2 is 2.09 bits per heavy atom. The predicted octanol–water partition coefficient (Wildman–Crippen LogP) is 1.70. The lowest BCUT2D eigenvalue weighted by atomic mass is 10.0. The molecule has 2 aliphatic rings. The summed E-state index contributed by atoms with van der Waals surface area (Å²) in [6.45, 7) is 1.98. The molecular formula is C18H25N3O2. The van der Waals surface area contributed by atoms with Crippen LogP contribution >= 0.6 is 0 Å². The first kappa shape index (κ1) is 16.0. The van der Waals surface area contributed by atoms with Crippen LogP contribution < -0.4 is 10.6 Å². The molecule has 0 radical (unpaired) electrons. The molecule has 2 N–H and O–H groups in total. The number of aryl methyl sites for hydroxylation is 1. The number of carbonyl (C=O) groups excluding carboxylic acids is 2. The Kier molecular flexibility index (Phi) is 4.96. The van der Waals surface area contributed by atoms with Crippen molar-refractivity contribution in [3.8, 4) is 0 Å². The molecule has 0 bridgehead atoms. The van der Waals surface area contributed by atoms with E-state index in [1.165, 1.54) is 5.56 Å². The van der Waals surface area contributed by atoms with Crippen LogP contribution in [0.2, 0.25) is 0 Å². The second-order valence-corrected chi connectivity index (χ2v) is 6.40. The van der Waals surface area contributed by atoms with Gasteiger partial charge in [0.2, 0.25) is 11.8 Å². The molecule has 2 amide bonds. The number of fused-ring (bicyclic) bond motifs is 1. The third-order valence-corrected chi connectivity index (χ3v) is 4.93. The molecule has 0 saturated carbocycles. The molecular weight excluding hydrogens is 290 g/mol. The second-order valence-electron chi connectivity index (χ2n) is 6.40. The van der Waals surface area contributed by atoms with Gasteiger partial charge in [-0.1, -0.05) is 18.2 Å². The summed E-state index contributed by atoms with van der Waals surface area (Å²) < 4.78 is 0. The van der Waals surface area contributed by atoms with E-state index >= 15 is 0 Å². The van der Waals surface area contributed by atoms with Gasteiger partial charge in [-0.2, -0.15) is 0 Å². The number of nitrogens with zero attached hydrogens (tertiary/aromatic N) is 2. The normalized spacial score (nSPS) is 20.7. The molecule has 0 aromatic heterocycles. The molecule has 2 heterocycles. The zero-order chi connectivity index (χ0) is 16.2. The first-order valence-corrected chi connectivity index (χ1v) is 8.58. The predicted molar refractivity (Wildman–Crippen MR) is 90.1 cm³/mol. The Morgan fingerprint density at radius 3 is 2.91 bits per heavy atom. The molecule has 124 valence electrons. The SMILES string of the molecule is NC[C@@H]1CCCN1C(=O)CCCN1C(=O)CCc2ccccc21. The minimum absolute atomic E-state index is 0.164. The lowest BCUT2D eigenvalue weighted by Crippen LogP contribution is -2.40. The van der Waals surface area contributed by atoms with E-state index in [1.54, 1.807) is 0 Å². The van der Waals surface area contributed by atoms with Crippen molar-refractivity contribution < 1.29 is 9.59 Å². The largest absolute Gasteiger partial charge is 0.338 e. The van der Waals surface area contributed by atoms with Gasteiger partial charge >= 0.3 is 0 Å². The topological polar surface area (TPSA) is 66.6 Å². The molecule has 3 rings (SSSR count). The summed E-state index contributed by atoms with van der Waals surface area (Å²) in [6, 6.07) is 8.26. The fraction of sp³-hybridized carbons (Fsp3) is 0.556. The highest BCUT2D eigenvalue weighted by molar-refractivity contribution is 5.96. The van der Waals surface area contributed by atoms with Gasteiger partial charge in [0.1, 0.15) is 0 Å². The highest BCUT2D eigenvalue weighted by atomic mass is 16.2. The molecule has 0 unspecified atom stereocenters. The van der Waals surface area contributed by atoms with Crippen LogP contribution in [0.25, 0.3) is 0 Å². The summed E-state index contributed by atoms with van der Waals surface area (Å²) in [5.74, 6) is 0.341. The van der Waals surface area contributed by atoms with Crippen LogP contribution in [0.5, 0.6) is 0 Å². The summed E-state index contributed by atoms with van der Waals surface area (Å²) in [6.07, 6.45) is 4.63. The minimum atomic E-state index is 0.164. The van der Waals surface area contributed by atoms with Crippen molar-refractivity contribution in [2.45, 2.75) is 44.6 Å². The van der Waals surface area contributed by atoms with Crippen molar-refractivity contribution >= 4 is 17.5 Å². The molecule has 5 nitrogen and oxygen atoms in total. The maximum Gasteiger partial charge on any atom is 0.227 e. The first-order valence-electron chi connectivity index (χ1n) is 8.58. The summed E-state index contributed by atoms with van der Waals surface area (Å²) in [5.41, 5.74) is 7.97. The number of para-hydroxylation sites is 1. The van der Waals surface area contributed by atoms with Crippen LogP contribution in [-0.4, -0.2) is 42.4 Å². The van der Waals surface area contributed by atoms with E-state index in [4.69, 9.17) is 5.73 Å². The molecule has 0 aliphatic carbocycles. The Balaban J connectivity index is 1.56. The fourth-order valence-electron chi connectivity index (χ4n) is 3.68. The number of hydrogen-bond donors (Lipinski definition) is 1. The highest BCUT2D eigenvalue weighted by Crippen LogP contribution is 2.27. The van der Waals surface area contributed by atoms with Gasteiger partial charge in [0.05, 0.1) is 0 Å². The lowest BCUT2D eigenvalue weighted by molar-refractivity contribution is -0.132. The highest BCUT2D eigenvalue weighted by Gasteiger charge is 2.28. The number of nitrogens with two attached hydrogens (primary N) is 1. The fourth-order valence-corrected chi connectivity index (χ4v) is 3.68. The standard InChI is InChI=1S/C18H25N3O2/c19-13-15-6-3-11-20(15)17(22)8-4-12-21-16-7-2-1-5-14(16)9-10-18(21)23/h1-2,5,7,15H,3-4,6,8-13,19H2/t15-/m0/s1. The van der Waals surface area contributed by atoms with Crippen molar-refractivity contribution in [2.24, 2.45) is 5.73 Å². The average molecular weight is 315 g/mol. The van der Waals surface area contributed by atoms with Gasteiger partial charge in [-0.15, -0.1) is 0 Å². The van der Waals surface area contributed by atoms with E-state index < -0.39 is 0 Å². The van der Waals surface area contributed by atoms with Gasteiger partial charge in [-0.05, 0) is 37.3 Å². The van der Waals surface area contributed by atoms with Crippen molar-refractivity contribution in [3.63, 3.8) is 0 Å². The van der Waals surface area contributed by atoms with Crippen molar-refractivity contribution in [2.75, 3.05) is 24.5 Å². The minimum Gasteiger partial charge on any atom is -0.338 e. The van der Waals surface area contributed by atoms with Crippen LogP contribution in [0.15, 0.2) is 24.3 Å². The van der Waals surface area contributed by atoms with Crippen LogP contribution in [0.4, 0.5) is 5.69 Å². The number of carbonyl (C=O) groups is 2. The number of rotatable bonds is 5. The molecule has 1 aromatic carbocycles. The van der Waals surface area contributed by atoms with Gasteiger partial charge < -0.3 is 15.5 Å². The number of benzene rings is 1. The van der Waals surface area contributed by atoms with E-state index in [0.29, 0.717) is 32.4 Å². The maximum absolute atomic E-state index is 12.4. The van der Waals surface area contributed by atoms with Crippen LogP contribution in [0.3, 0.4) is 0 Å². The number of anilines is 1. The summed E-state index contributed by atoms with van der Waals surface area (Å²) in [5, 5.41) is 0. The van der Waals surface area contributed by atoms with Gasteiger partial charge in [-0.25, -0.2) is 0 Å². The van der Waals surface area contributed by atoms with E-state index in [2.05, 4.69) is 6.07 Å². The van der Waals surface area contributed by atoms with E-state index in [0.717, 1.165) is 31.5 Å². The maximum atomic E-state index is 12.4. The van der Waals surface area contributed by atoms with Gasteiger partial charge in [0, 0.05) is 44.2 Å². The number of amides is 2. The Bertz CT molecular complexity index is 587. The quantitative estimate of drug-likeness (QED) is 0.899. The summed E-state index contributed by atoms with van der Waals surface area (Å²) >= 11 is 0. The number of hydrogen-bond acceptors (Lipinski definition) is 3. The monoisotopic (exact) mass is 315 g/mol. The van der Waals surface area contributed by atoms with E-state index in [9.17, 15) is 9.59 Å². The summed E-state index contributed by atoms with van der Waals surface area (Å²) in [7, 11) is 0. The first-order chi connectivity index (χ1) is 11.2. The third-order valence-electron chi connectivity index (χ3n) is 4.93. The second kappa shape index (κ2) is 7.13. The van der Waals surface area contributed by atoms with E-state index in [-0.39, 0.29) is 17.9 Å². The lowest BCUT2D eigenvalue weighted by Gasteiger charge is -2.30. The molecule has 1 atom stereocenters. The van der Waals surface area contributed by atoms with Crippen molar-refractivity contribution in [1.29, 1.82) is 0 Å². The molecule has 1 saturated heterocycles. The molecule has 5 heteroatoms. The number of likely N-dealkylation sites (tertiary alicyclic amines) is 1. The van der Waals surface area contributed by atoms with Crippen molar-refractivity contribution in [1.82, 2.24) is 4.90 Å². The van der Waals surface area contributed by atoms with Gasteiger partial charge in [0.15, 0.2) is 0 Å². The van der Waals surface area contributed by atoms with Crippen molar-refractivity contribution in [3.05, 3.63) is 29.8 Å². The molecule has 1 aromatic rings. The zero-order valence-corrected chi connectivity index (χ0v) is 13.5. The van der Waals surface area contributed by atoms with E-state index in [1.807, 2.05) is 28.0 Å². The zero-order valence-electron chi connectivity index (χ0n) is 13.5. The molecule has 0 spiro atoms. The van der Waals surface area contributed by atoms with Crippen LogP contribution in [0.1, 0.15) is 37.7 Å². The smallest absolute Gasteiger partial charge is 0.227 e. The Hall–Kier alpha value is -1.88. The average Bonchev–Trinajstić information content (AvgIpc) is 3.05. The van der Waals surface area contributed by atoms with Crippen LogP contribution in [-0.2, 0) is 16.0 Å². The molecule has 2 aliphatic heterocycles. The third kappa shape index (κ3) is 3.39.